The summed E-state index contributed by atoms with van der Waals surface area (Å²) in [5.74, 6) is -0.486. The van der Waals surface area contributed by atoms with E-state index in [2.05, 4.69) is 14.7 Å². The first-order chi connectivity index (χ1) is 9.51. The fourth-order valence-corrected chi connectivity index (χ4v) is 2.79. The van der Waals surface area contributed by atoms with Gasteiger partial charge in [0, 0.05) is 19.8 Å². The molecule has 0 saturated carbocycles. The van der Waals surface area contributed by atoms with E-state index in [1.807, 2.05) is 18.0 Å². The Hall–Kier alpha value is -1.37. The van der Waals surface area contributed by atoms with Crippen LogP contribution >= 0.6 is 34.5 Å². The lowest BCUT2D eigenvalue weighted by atomic mass is 10.3. The molecule has 0 N–H and O–H groups in total. The Morgan fingerprint density at radius 3 is 2.80 bits per heavy atom. The van der Waals surface area contributed by atoms with Crippen LogP contribution in [0.1, 0.15) is 15.2 Å². The highest BCUT2D eigenvalue weighted by Crippen LogP contribution is 2.30. The minimum absolute atomic E-state index is 0.151. The van der Waals surface area contributed by atoms with Gasteiger partial charge in [-0.1, -0.05) is 40.6 Å². The largest absolute Gasteiger partial charge is 0.465 e. The predicted molar refractivity (Wildman–Crippen MR) is 79.8 cm³/mol. The van der Waals surface area contributed by atoms with Gasteiger partial charge in [0.05, 0.1) is 7.11 Å². The van der Waals surface area contributed by atoms with E-state index in [1.54, 1.807) is 12.3 Å². The zero-order valence-electron chi connectivity index (χ0n) is 10.8. The first-order valence-electron chi connectivity index (χ1n) is 5.57. The van der Waals surface area contributed by atoms with Gasteiger partial charge >= 0.3 is 5.97 Å². The van der Waals surface area contributed by atoms with Crippen molar-refractivity contribution < 1.29 is 9.53 Å². The van der Waals surface area contributed by atoms with Crippen LogP contribution in [0.25, 0.3) is 0 Å². The van der Waals surface area contributed by atoms with Crippen LogP contribution in [0.4, 0.5) is 5.13 Å². The van der Waals surface area contributed by atoms with Crippen molar-refractivity contribution in [1.29, 1.82) is 0 Å². The van der Waals surface area contributed by atoms with Gasteiger partial charge in [0.1, 0.15) is 5.15 Å². The summed E-state index contributed by atoms with van der Waals surface area (Å²) in [6.07, 6.45) is 1.69. The van der Waals surface area contributed by atoms with E-state index in [0.717, 1.165) is 5.56 Å². The number of pyridine rings is 1. The molecule has 0 radical (unpaired) electrons. The molecular formula is C12H11Cl2N3O2S. The maximum atomic E-state index is 11.5. The number of hydrogen-bond donors (Lipinski definition) is 0. The van der Waals surface area contributed by atoms with Gasteiger partial charge in [0.25, 0.3) is 0 Å². The molecule has 0 bridgehead atoms. The maximum absolute atomic E-state index is 11.5. The van der Waals surface area contributed by atoms with Crippen molar-refractivity contribution >= 4 is 45.6 Å². The zero-order valence-corrected chi connectivity index (χ0v) is 13.1. The Balaban J connectivity index is 2.15. The monoisotopic (exact) mass is 331 g/mol. The molecule has 5 nitrogen and oxygen atoms in total. The highest BCUT2D eigenvalue weighted by atomic mass is 35.5. The van der Waals surface area contributed by atoms with E-state index in [1.165, 1.54) is 18.4 Å². The summed E-state index contributed by atoms with van der Waals surface area (Å²) in [4.78, 5) is 21.8. The summed E-state index contributed by atoms with van der Waals surface area (Å²) in [6, 6.07) is 3.60. The van der Waals surface area contributed by atoms with Crippen LogP contribution in [0, 0.1) is 0 Å². The van der Waals surface area contributed by atoms with E-state index >= 15 is 0 Å². The molecular weight excluding hydrogens is 321 g/mol. The van der Waals surface area contributed by atoms with Crippen molar-refractivity contribution in [2.75, 3.05) is 19.1 Å². The fourth-order valence-electron chi connectivity index (χ4n) is 1.51. The molecule has 2 aromatic heterocycles. The molecule has 0 saturated heterocycles. The fraction of sp³-hybridized carbons (Fsp3) is 0.250. The summed E-state index contributed by atoms with van der Waals surface area (Å²) in [5.41, 5.74) is 0.975. The number of methoxy groups -OCH3 is 1. The normalized spacial score (nSPS) is 10.4. The van der Waals surface area contributed by atoms with Crippen molar-refractivity contribution in [3.63, 3.8) is 0 Å². The molecule has 0 fully saturated rings. The van der Waals surface area contributed by atoms with Gasteiger partial charge in [0.15, 0.2) is 15.2 Å². The molecule has 2 aromatic rings. The Labute approximate surface area is 130 Å². The van der Waals surface area contributed by atoms with E-state index in [9.17, 15) is 4.79 Å². The average Bonchev–Trinajstić information content (AvgIpc) is 2.82. The van der Waals surface area contributed by atoms with Gasteiger partial charge in [-0.2, -0.15) is 0 Å². The maximum Gasteiger partial charge on any atom is 0.351 e. The van der Waals surface area contributed by atoms with Crippen molar-refractivity contribution in [3.05, 3.63) is 39.1 Å². The van der Waals surface area contributed by atoms with Crippen LogP contribution in [0.15, 0.2) is 18.3 Å². The number of nitrogens with zero attached hydrogens (tertiary/aromatic N) is 3. The van der Waals surface area contributed by atoms with Crippen LogP contribution in [-0.4, -0.2) is 30.1 Å². The summed E-state index contributed by atoms with van der Waals surface area (Å²) in [5, 5.41) is 1.23. The van der Waals surface area contributed by atoms with E-state index in [0.29, 0.717) is 21.7 Å². The quantitative estimate of drug-likeness (QED) is 0.635. The third-order valence-electron chi connectivity index (χ3n) is 2.48. The standard InChI is InChI=1S/C12H11Cl2N3O2S/c1-17(6-7-3-4-8(13)15-5-7)12-16-10(14)9(20-12)11(18)19-2/h3-5H,6H2,1-2H3. The van der Waals surface area contributed by atoms with Gasteiger partial charge in [-0.25, -0.2) is 14.8 Å². The lowest BCUT2D eigenvalue weighted by molar-refractivity contribution is 0.0606. The summed E-state index contributed by atoms with van der Waals surface area (Å²) in [7, 11) is 3.16. The summed E-state index contributed by atoms with van der Waals surface area (Å²) < 4.78 is 4.65. The average molecular weight is 332 g/mol. The molecule has 106 valence electrons. The van der Waals surface area contributed by atoms with Gasteiger partial charge in [-0.15, -0.1) is 0 Å². The van der Waals surface area contributed by atoms with E-state index in [-0.39, 0.29) is 5.15 Å². The van der Waals surface area contributed by atoms with Crippen LogP contribution in [0.3, 0.4) is 0 Å². The van der Waals surface area contributed by atoms with Crippen LogP contribution in [-0.2, 0) is 11.3 Å². The number of esters is 1. The Kier molecular flexibility index (Phi) is 4.80. The second kappa shape index (κ2) is 6.39. The molecule has 0 aromatic carbocycles. The second-order valence-corrected chi connectivity index (χ2v) is 5.68. The topological polar surface area (TPSA) is 55.3 Å². The minimum atomic E-state index is -0.486. The van der Waals surface area contributed by atoms with Gasteiger partial charge in [-0.3, -0.25) is 0 Å². The number of carbonyl (C=O) groups excluding carboxylic acids is 1. The lowest BCUT2D eigenvalue weighted by Gasteiger charge is -2.15. The van der Waals surface area contributed by atoms with Gasteiger partial charge < -0.3 is 9.64 Å². The van der Waals surface area contributed by atoms with Crippen LogP contribution in [0.5, 0.6) is 0 Å². The Bertz CT molecular complexity index is 616. The summed E-state index contributed by atoms with van der Waals surface area (Å²) >= 11 is 12.8. The number of thiazole rings is 1. The highest BCUT2D eigenvalue weighted by molar-refractivity contribution is 7.18. The Morgan fingerprint density at radius 1 is 1.45 bits per heavy atom. The first kappa shape index (κ1) is 15.0. The molecule has 2 rings (SSSR count). The van der Waals surface area contributed by atoms with E-state index in [4.69, 9.17) is 23.2 Å². The highest BCUT2D eigenvalue weighted by Gasteiger charge is 2.19. The van der Waals surface area contributed by atoms with Gasteiger partial charge in [0.2, 0.25) is 0 Å². The number of hydrogen-bond acceptors (Lipinski definition) is 6. The van der Waals surface area contributed by atoms with Crippen molar-refractivity contribution in [2.45, 2.75) is 6.54 Å². The number of aromatic nitrogens is 2. The SMILES string of the molecule is COC(=O)c1sc(N(C)Cc2ccc(Cl)nc2)nc1Cl. The molecule has 0 atom stereocenters. The number of carbonyl (C=O) groups is 1. The number of rotatable bonds is 4. The minimum Gasteiger partial charge on any atom is -0.465 e. The zero-order chi connectivity index (χ0) is 14.7. The smallest absolute Gasteiger partial charge is 0.351 e. The molecule has 0 aliphatic rings. The molecule has 0 spiro atoms. The number of halogens is 2. The van der Waals surface area contributed by atoms with Crippen LogP contribution in [0.2, 0.25) is 10.3 Å². The molecule has 8 heteroatoms. The van der Waals surface area contributed by atoms with Gasteiger partial charge in [-0.05, 0) is 11.6 Å². The molecule has 0 unspecified atom stereocenters. The predicted octanol–water partition coefficient (Wildman–Crippen LogP) is 3.27. The van der Waals surface area contributed by atoms with Crippen molar-refractivity contribution in [1.82, 2.24) is 9.97 Å². The van der Waals surface area contributed by atoms with Crippen LogP contribution < -0.4 is 4.90 Å². The first-order valence-corrected chi connectivity index (χ1v) is 7.14. The summed E-state index contributed by atoms with van der Waals surface area (Å²) in [6.45, 7) is 0.578. The molecule has 2 heterocycles. The third-order valence-corrected chi connectivity index (χ3v) is 4.24. The lowest BCUT2D eigenvalue weighted by Crippen LogP contribution is -2.16. The van der Waals surface area contributed by atoms with Crippen molar-refractivity contribution in [2.24, 2.45) is 0 Å². The molecule has 0 aliphatic carbocycles. The second-order valence-electron chi connectivity index (χ2n) is 3.95. The third kappa shape index (κ3) is 3.39. The molecule has 20 heavy (non-hydrogen) atoms. The number of ether oxygens (including phenoxy) is 1. The number of anilines is 1. The molecule has 0 aliphatic heterocycles. The molecule has 0 amide bonds. The Morgan fingerprint density at radius 2 is 2.20 bits per heavy atom. The van der Waals surface area contributed by atoms with Crippen molar-refractivity contribution in [3.8, 4) is 0 Å². The van der Waals surface area contributed by atoms with E-state index < -0.39 is 5.97 Å².